The van der Waals surface area contributed by atoms with Gasteiger partial charge in [-0.25, -0.2) is 0 Å². The van der Waals surface area contributed by atoms with Crippen molar-refractivity contribution < 1.29 is 0 Å². The molecule has 0 aromatic heterocycles. The summed E-state index contributed by atoms with van der Waals surface area (Å²) < 4.78 is 0. The maximum absolute atomic E-state index is 5.62. The lowest BCUT2D eigenvalue weighted by Gasteiger charge is -2.25. The zero-order chi connectivity index (χ0) is 8.91. The Hall–Kier alpha value is 0.500. The van der Waals surface area contributed by atoms with Gasteiger partial charge >= 0.3 is 0 Å². The Kier molecular flexibility index (Phi) is 13.3. The number of rotatable bonds is 5. The van der Waals surface area contributed by atoms with Gasteiger partial charge in [0.1, 0.15) is 0 Å². The first-order valence-corrected chi connectivity index (χ1v) is 4.42. The molecule has 0 radical (unpaired) electrons. The van der Waals surface area contributed by atoms with E-state index in [-0.39, 0.29) is 30.2 Å². The fourth-order valence-electron chi connectivity index (χ4n) is 1.41. The van der Waals surface area contributed by atoms with Crippen molar-refractivity contribution in [2.45, 2.75) is 33.6 Å². The van der Waals surface area contributed by atoms with Crippen LogP contribution in [0.15, 0.2) is 0 Å². The molecule has 1 unspecified atom stereocenters. The molecule has 1 atom stereocenters. The predicted octanol–water partition coefficient (Wildman–Crippen LogP) is 2.19. The van der Waals surface area contributed by atoms with Gasteiger partial charge in [0.25, 0.3) is 0 Å². The summed E-state index contributed by atoms with van der Waals surface area (Å²) in [6.07, 6.45) is 2.30. The minimum atomic E-state index is 0. The molecule has 0 aliphatic carbocycles. The topological polar surface area (TPSA) is 52.0 Å². The van der Waals surface area contributed by atoms with Crippen molar-refractivity contribution in [2.75, 3.05) is 13.1 Å². The third-order valence-electron chi connectivity index (χ3n) is 2.11. The second kappa shape index (κ2) is 9.07. The SMILES string of the molecule is CC(CCN)CC(C)(C)CN.Cl.Cl. The van der Waals surface area contributed by atoms with E-state index in [0.717, 1.165) is 19.5 Å². The van der Waals surface area contributed by atoms with Gasteiger partial charge in [0, 0.05) is 0 Å². The zero-order valence-corrected chi connectivity index (χ0v) is 10.5. The molecule has 84 valence electrons. The molecule has 0 aromatic rings. The molecule has 0 bridgehead atoms. The lowest BCUT2D eigenvalue weighted by atomic mass is 9.82. The van der Waals surface area contributed by atoms with Crippen LogP contribution in [-0.2, 0) is 0 Å². The Labute approximate surface area is 94.6 Å². The van der Waals surface area contributed by atoms with Gasteiger partial charge in [-0.2, -0.15) is 0 Å². The minimum Gasteiger partial charge on any atom is -0.330 e. The summed E-state index contributed by atoms with van der Waals surface area (Å²) in [4.78, 5) is 0. The molecular formula is C9H24Cl2N2. The van der Waals surface area contributed by atoms with E-state index >= 15 is 0 Å². The minimum absolute atomic E-state index is 0. The highest BCUT2D eigenvalue weighted by Crippen LogP contribution is 2.24. The second-order valence-corrected chi connectivity index (χ2v) is 4.25. The third-order valence-corrected chi connectivity index (χ3v) is 2.11. The molecule has 0 amide bonds. The fraction of sp³-hybridized carbons (Fsp3) is 1.00. The third kappa shape index (κ3) is 10.4. The zero-order valence-electron chi connectivity index (χ0n) is 8.88. The summed E-state index contributed by atoms with van der Waals surface area (Å²) in [5, 5.41) is 0. The average molecular weight is 231 g/mol. The first-order valence-electron chi connectivity index (χ1n) is 4.42. The summed E-state index contributed by atoms with van der Waals surface area (Å²) in [6, 6.07) is 0. The van der Waals surface area contributed by atoms with E-state index in [0.29, 0.717) is 5.92 Å². The Morgan fingerprint density at radius 2 is 1.62 bits per heavy atom. The monoisotopic (exact) mass is 230 g/mol. The average Bonchev–Trinajstić information content (AvgIpc) is 1.87. The first kappa shape index (κ1) is 19.1. The van der Waals surface area contributed by atoms with Crippen molar-refractivity contribution in [3.05, 3.63) is 0 Å². The molecule has 0 rings (SSSR count). The van der Waals surface area contributed by atoms with Crippen LogP contribution >= 0.6 is 24.8 Å². The highest BCUT2D eigenvalue weighted by Gasteiger charge is 2.18. The Morgan fingerprint density at radius 3 is 1.92 bits per heavy atom. The van der Waals surface area contributed by atoms with Gasteiger partial charge in [-0.1, -0.05) is 20.8 Å². The van der Waals surface area contributed by atoms with E-state index < -0.39 is 0 Å². The molecule has 13 heavy (non-hydrogen) atoms. The molecule has 4 N–H and O–H groups in total. The molecular weight excluding hydrogens is 207 g/mol. The van der Waals surface area contributed by atoms with E-state index in [1.807, 2.05) is 0 Å². The Balaban J connectivity index is -0.000000500. The van der Waals surface area contributed by atoms with Crippen LogP contribution in [0.2, 0.25) is 0 Å². The number of hydrogen-bond donors (Lipinski definition) is 2. The quantitative estimate of drug-likeness (QED) is 0.762. The molecule has 0 spiro atoms. The lowest BCUT2D eigenvalue weighted by molar-refractivity contribution is 0.279. The molecule has 0 aromatic carbocycles. The van der Waals surface area contributed by atoms with Crippen LogP contribution < -0.4 is 11.5 Å². The van der Waals surface area contributed by atoms with E-state index in [4.69, 9.17) is 11.5 Å². The molecule has 2 nitrogen and oxygen atoms in total. The van der Waals surface area contributed by atoms with E-state index in [9.17, 15) is 0 Å². The largest absolute Gasteiger partial charge is 0.330 e. The van der Waals surface area contributed by atoms with Gasteiger partial charge in [0.2, 0.25) is 0 Å². The normalized spacial score (nSPS) is 12.7. The van der Waals surface area contributed by atoms with Crippen LogP contribution in [0.4, 0.5) is 0 Å². The smallest absolute Gasteiger partial charge is 0.00257 e. The number of hydrogen-bond acceptors (Lipinski definition) is 2. The van der Waals surface area contributed by atoms with Gasteiger partial charge in [-0.3, -0.25) is 0 Å². The predicted molar refractivity (Wildman–Crippen MR) is 64.8 cm³/mol. The van der Waals surface area contributed by atoms with Crippen molar-refractivity contribution in [1.29, 1.82) is 0 Å². The van der Waals surface area contributed by atoms with Crippen LogP contribution in [0, 0.1) is 11.3 Å². The molecule has 0 aliphatic heterocycles. The van der Waals surface area contributed by atoms with Crippen LogP contribution in [0.1, 0.15) is 33.6 Å². The lowest BCUT2D eigenvalue weighted by Crippen LogP contribution is -2.26. The maximum atomic E-state index is 5.62. The summed E-state index contributed by atoms with van der Waals surface area (Å²) in [5.74, 6) is 0.707. The van der Waals surface area contributed by atoms with Crippen molar-refractivity contribution in [2.24, 2.45) is 22.8 Å². The molecule has 0 aliphatic rings. The fourth-order valence-corrected chi connectivity index (χ4v) is 1.41. The summed E-state index contributed by atoms with van der Waals surface area (Å²) in [6.45, 7) is 8.22. The van der Waals surface area contributed by atoms with Crippen LogP contribution in [0.5, 0.6) is 0 Å². The van der Waals surface area contributed by atoms with E-state index in [1.54, 1.807) is 0 Å². The van der Waals surface area contributed by atoms with Crippen LogP contribution in [-0.4, -0.2) is 13.1 Å². The highest BCUT2D eigenvalue weighted by atomic mass is 35.5. The van der Waals surface area contributed by atoms with Crippen molar-refractivity contribution in [3.8, 4) is 0 Å². The summed E-state index contributed by atoms with van der Waals surface area (Å²) in [7, 11) is 0. The van der Waals surface area contributed by atoms with Gasteiger partial charge in [-0.15, -0.1) is 24.8 Å². The van der Waals surface area contributed by atoms with E-state index in [2.05, 4.69) is 20.8 Å². The molecule has 4 heteroatoms. The van der Waals surface area contributed by atoms with E-state index in [1.165, 1.54) is 6.42 Å². The molecule has 0 saturated heterocycles. The Morgan fingerprint density at radius 1 is 1.15 bits per heavy atom. The molecule has 0 heterocycles. The van der Waals surface area contributed by atoms with Gasteiger partial charge in [0.05, 0.1) is 0 Å². The van der Waals surface area contributed by atoms with Crippen molar-refractivity contribution in [1.82, 2.24) is 0 Å². The van der Waals surface area contributed by atoms with Crippen molar-refractivity contribution >= 4 is 24.8 Å². The summed E-state index contributed by atoms with van der Waals surface area (Å²) >= 11 is 0. The number of halogens is 2. The maximum Gasteiger partial charge on any atom is -0.00257 e. The van der Waals surface area contributed by atoms with Gasteiger partial charge < -0.3 is 11.5 Å². The first-order chi connectivity index (χ1) is 5.02. The van der Waals surface area contributed by atoms with Gasteiger partial charge in [0.15, 0.2) is 0 Å². The number of nitrogens with two attached hydrogens (primary N) is 2. The van der Waals surface area contributed by atoms with Crippen LogP contribution in [0.3, 0.4) is 0 Å². The van der Waals surface area contributed by atoms with Gasteiger partial charge in [-0.05, 0) is 37.3 Å². The highest BCUT2D eigenvalue weighted by molar-refractivity contribution is 5.85. The van der Waals surface area contributed by atoms with Crippen molar-refractivity contribution in [3.63, 3.8) is 0 Å². The van der Waals surface area contributed by atoms with Crippen LogP contribution in [0.25, 0.3) is 0 Å². The second-order valence-electron chi connectivity index (χ2n) is 4.25. The Bertz CT molecular complexity index is 108. The molecule has 0 fully saturated rings. The summed E-state index contributed by atoms with van der Waals surface area (Å²) in [5.41, 5.74) is 11.4. The molecule has 0 saturated carbocycles. The standard InChI is InChI=1S/C9H22N2.2ClH/c1-8(4-5-10)6-9(2,3)7-11;;/h8H,4-7,10-11H2,1-3H3;2*1H.